The zero-order valence-electron chi connectivity index (χ0n) is 16.2. The van der Waals surface area contributed by atoms with Gasteiger partial charge in [0.05, 0.1) is 19.4 Å². The highest BCUT2D eigenvalue weighted by Gasteiger charge is 2.11. The number of hydrogen-bond acceptors (Lipinski definition) is 4. The van der Waals surface area contributed by atoms with E-state index in [2.05, 4.69) is 12.2 Å². The Kier molecular flexibility index (Phi) is 8.23. The Morgan fingerprint density at radius 2 is 1.89 bits per heavy atom. The maximum atomic E-state index is 12.3. The fourth-order valence-electron chi connectivity index (χ4n) is 2.45. The SMILES string of the molecule is C/C=C/c1ccc(OCC(=O)Nc2ccccc2OCCCC)c(OC)c1. The number of benzene rings is 2. The first-order chi connectivity index (χ1) is 13.2. The third kappa shape index (κ3) is 6.37. The summed E-state index contributed by atoms with van der Waals surface area (Å²) in [4.78, 5) is 12.3. The Hall–Kier alpha value is -2.95. The lowest BCUT2D eigenvalue weighted by Gasteiger charge is -2.14. The molecule has 144 valence electrons. The van der Waals surface area contributed by atoms with Gasteiger partial charge in [0.1, 0.15) is 5.75 Å². The van der Waals surface area contributed by atoms with Gasteiger partial charge in [-0.3, -0.25) is 4.79 Å². The first kappa shape index (κ1) is 20.4. The van der Waals surface area contributed by atoms with E-state index in [1.54, 1.807) is 13.2 Å². The molecule has 1 amide bonds. The Bertz CT molecular complexity index is 771. The van der Waals surface area contributed by atoms with Crippen LogP contribution in [0.3, 0.4) is 0 Å². The molecule has 0 unspecified atom stereocenters. The lowest BCUT2D eigenvalue weighted by molar-refractivity contribution is -0.118. The molecule has 0 radical (unpaired) electrons. The van der Waals surface area contributed by atoms with Crippen LogP contribution >= 0.6 is 0 Å². The van der Waals surface area contributed by atoms with Crippen molar-refractivity contribution in [2.75, 3.05) is 25.6 Å². The zero-order valence-corrected chi connectivity index (χ0v) is 16.2. The van der Waals surface area contributed by atoms with Crippen molar-refractivity contribution in [2.24, 2.45) is 0 Å². The van der Waals surface area contributed by atoms with Gasteiger partial charge in [-0.1, -0.05) is 43.7 Å². The molecule has 0 fully saturated rings. The average Bonchev–Trinajstić information content (AvgIpc) is 2.68. The summed E-state index contributed by atoms with van der Waals surface area (Å²) < 4.78 is 16.7. The first-order valence-electron chi connectivity index (χ1n) is 9.13. The number of anilines is 1. The summed E-state index contributed by atoms with van der Waals surface area (Å²) >= 11 is 0. The van der Waals surface area contributed by atoms with E-state index in [0.29, 0.717) is 29.5 Å². The van der Waals surface area contributed by atoms with Crippen molar-refractivity contribution in [1.82, 2.24) is 0 Å². The second-order valence-electron chi connectivity index (χ2n) is 5.95. The number of carbonyl (C=O) groups excluding carboxylic acids is 1. The monoisotopic (exact) mass is 369 g/mol. The van der Waals surface area contributed by atoms with Gasteiger partial charge in [-0.2, -0.15) is 0 Å². The molecule has 0 heterocycles. The molecule has 2 aromatic carbocycles. The van der Waals surface area contributed by atoms with E-state index in [-0.39, 0.29) is 12.5 Å². The van der Waals surface area contributed by atoms with Crippen LogP contribution < -0.4 is 19.5 Å². The van der Waals surface area contributed by atoms with E-state index in [1.165, 1.54) is 0 Å². The summed E-state index contributed by atoms with van der Waals surface area (Å²) in [5, 5.41) is 2.84. The average molecular weight is 369 g/mol. The van der Waals surface area contributed by atoms with Crippen LogP contribution in [0.4, 0.5) is 5.69 Å². The molecule has 0 saturated heterocycles. The van der Waals surface area contributed by atoms with E-state index in [1.807, 2.05) is 55.5 Å². The molecule has 0 aromatic heterocycles. The summed E-state index contributed by atoms with van der Waals surface area (Å²) in [6.45, 7) is 4.55. The van der Waals surface area contributed by atoms with Crippen molar-refractivity contribution in [3.8, 4) is 17.2 Å². The summed E-state index contributed by atoms with van der Waals surface area (Å²) in [6, 6.07) is 13.0. The quantitative estimate of drug-likeness (QED) is 0.604. The van der Waals surface area contributed by atoms with Crippen molar-refractivity contribution >= 4 is 17.7 Å². The number of unbranched alkanes of at least 4 members (excludes halogenated alkanes) is 1. The van der Waals surface area contributed by atoms with Gasteiger partial charge in [0.2, 0.25) is 0 Å². The van der Waals surface area contributed by atoms with Gasteiger partial charge in [0, 0.05) is 0 Å². The van der Waals surface area contributed by atoms with E-state index in [9.17, 15) is 4.79 Å². The highest BCUT2D eigenvalue weighted by molar-refractivity contribution is 5.93. The number of amides is 1. The minimum absolute atomic E-state index is 0.122. The summed E-state index contributed by atoms with van der Waals surface area (Å²) in [5.41, 5.74) is 1.64. The number of allylic oxidation sites excluding steroid dienone is 1. The number of para-hydroxylation sites is 2. The fraction of sp³-hybridized carbons (Fsp3) is 0.318. The van der Waals surface area contributed by atoms with Crippen LogP contribution in [0.1, 0.15) is 32.3 Å². The van der Waals surface area contributed by atoms with Gasteiger partial charge in [0.15, 0.2) is 18.1 Å². The second-order valence-corrected chi connectivity index (χ2v) is 5.95. The van der Waals surface area contributed by atoms with Crippen molar-refractivity contribution in [1.29, 1.82) is 0 Å². The Balaban J connectivity index is 1.97. The molecule has 0 bridgehead atoms. The minimum Gasteiger partial charge on any atom is -0.493 e. The summed E-state index contributed by atoms with van der Waals surface area (Å²) in [5.74, 6) is 1.50. The summed E-state index contributed by atoms with van der Waals surface area (Å²) in [6.07, 6.45) is 5.93. The Labute approximate surface area is 161 Å². The third-order valence-electron chi connectivity index (χ3n) is 3.82. The van der Waals surface area contributed by atoms with Gasteiger partial charge < -0.3 is 19.5 Å². The maximum absolute atomic E-state index is 12.3. The van der Waals surface area contributed by atoms with Crippen molar-refractivity contribution in [2.45, 2.75) is 26.7 Å². The standard InChI is InChI=1S/C22H27NO4/c1-4-6-14-26-19-11-8-7-10-18(19)23-22(24)16-27-20-13-12-17(9-5-2)15-21(20)25-3/h5,7-13,15H,4,6,14,16H2,1-3H3,(H,23,24)/b9-5+. The Morgan fingerprint density at radius 1 is 1.07 bits per heavy atom. The van der Waals surface area contributed by atoms with Crippen molar-refractivity contribution < 1.29 is 19.0 Å². The number of nitrogens with one attached hydrogen (secondary N) is 1. The van der Waals surface area contributed by atoms with Crippen molar-refractivity contribution in [3.63, 3.8) is 0 Å². The number of rotatable bonds is 10. The summed E-state index contributed by atoms with van der Waals surface area (Å²) in [7, 11) is 1.57. The molecule has 5 heteroatoms. The highest BCUT2D eigenvalue weighted by atomic mass is 16.5. The number of methoxy groups -OCH3 is 1. The molecule has 0 saturated carbocycles. The molecule has 0 aliphatic heterocycles. The smallest absolute Gasteiger partial charge is 0.262 e. The predicted octanol–water partition coefficient (Wildman–Crippen LogP) is 4.92. The largest absolute Gasteiger partial charge is 0.493 e. The molecule has 0 atom stereocenters. The molecule has 0 spiro atoms. The van der Waals surface area contributed by atoms with E-state index >= 15 is 0 Å². The lowest BCUT2D eigenvalue weighted by atomic mass is 10.2. The molecule has 2 rings (SSSR count). The van der Waals surface area contributed by atoms with E-state index in [4.69, 9.17) is 14.2 Å². The topological polar surface area (TPSA) is 56.8 Å². The van der Waals surface area contributed by atoms with Gasteiger partial charge in [-0.15, -0.1) is 0 Å². The van der Waals surface area contributed by atoms with Gasteiger partial charge in [0.25, 0.3) is 5.91 Å². The molecule has 2 aromatic rings. The van der Waals surface area contributed by atoms with Crippen LogP contribution in [-0.2, 0) is 4.79 Å². The van der Waals surface area contributed by atoms with Gasteiger partial charge >= 0.3 is 0 Å². The van der Waals surface area contributed by atoms with Crippen LogP contribution in [0.15, 0.2) is 48.5 Å². The maximum Gasteiger partial charge on any atom is 0.262 e. The molecule has 0 aliphatic carbocycles. The van der Waals surface area contributed by atoms with Gasteiger partial charge in [-0.25, -0.2) is 0 Å². The third-order valence-corrected chi connectivity index (χ3v) is 3.82. The Morgan fingerprint density at radius 3 is 2.63 bits per heavy atom. The van der Waals surface area contributed by atoms with E-state index < -0.39 is 0 Å². The molecule has 27 heavy (non-hydrogen) atoms. The van der Waals surface area contributed by atoms with Crippen LogP contribution in [0.25, 0.3) is 6.08 Å². The van der Waals surface area contributed by atoms with Crippen LogP contribution in [0.2, 0.25) is 0 Å². The van der Waals surface area contributed by atoms with Crippen LogP contribution in [0, 0.1) is 0 Å². The van der Waals surface area contributed by atoms with Crippen LogP contribution in [-0.4, -0.2) is 26.2 Å². The molecular formula is C22H27NO4. The predicted molar refractivity (Wildman–Crippen MR) is 109 cm³/mol. The number of carbonyl (C=O) groups is 1. The second kappa shape index (κ2) is 10.9. The van der Waals surface area contributed by atoms with Crippen LogP contribution in [0.5, 0.6) is 17.2 Å². The zero-order chi connectivity index (χ0) is 19.5. The number of ether oxygens (including phenoxy) is 3. The van der Waals surface area contributed by atoms with Gasteiger partial charge in [-0.05, 0) is 43.2 Å². The fourth-order valence-corrected chi connectivity index (χ4v) is 2.45. The molecule has 0 aliphatic rings. The van der Waals surface area contributed by atoms with E-state index in [0.717, 1.165) is 18.4 Å². The highest BCUT2D eigenvalue weighted by Crippen LogP contribution is 2.29. The molecular weight excluding hydrogens is 342 g/mol. The first-order valence-corrected chi connectivity index (χ1v) is 9.13. The van der Waals surface area contributed by atoms with Crippen molar-refractivity contribution in [3.05, 3.63) is 54.1 Å². The lowest BCUT2D eigenvalue weighted by Crippen LogP contribution is -2.20. The number of hydrogen-bond donors (Lipinski definition) is 1. The molecule has 5 nitrogen and oxygen atoms in total. The minimum atomic E-state index is -0.263. The molecule has 1 N–H and O–H groups in total. The normalized spacial score (nSPS) is 10.6.